The third-order valence-electron chi connectivity index (χ3n) is 2.76. The van der Waals surface area contributed by atoms with Crippen LogP contribution in [0.1, 0.15) is 11.1 Å². The summed E-state index contributed by atoms with van der Waals surface area (Å²) in [6.07, 6.45) is 0. The smallest absolute Gasteiger partial charge is 0.277 e. The van der Waals surface area contributed by atoms with Gasteiger partial charge in [0, 0.05) is 11.1 Å². The van der Waals surface area contributed by atoms with Gasteiger partial charge in [0.15, 0.2) is 6.61 Å². The van der Waals surface area contributed by atoms with Crippen molar-refractivity contribution in [3.63, 3.8) is 0 Å². The van der Waals surface area contributed by atoms with Crippen LogP contribution in [0.25, 0.3) is 0 Å². The maximum Gasteiger partial charge on any atom is 0.277 e. The lowest BCUT2D eigenvalue weighted by molar-refractivity contribution is 0.347. The summed E-state index contributed by atoms with van der Waals surface area (Å²) < 4.78 is 1.28. The van der Waals surface area contributed by atoms with Crippen LogP contribution >= 0.6 is 69.6 Å². The molecule has 2 aromatic rings. The molecule has 2 aromatic carbocycles. The van der Waals surface area contributed by atoms with Gasteiger partial charge in [0.1, 0.15) is 12.7 Å². The van der Waals surface area contributed by atoms with E-state index in [1.165, 1.54) is 6.07 Å². The summed E-state index contributed by atoms with van der Waals surface area (Å²) in [5.74, 6) is 10.5. The number of nitrogens with one attached hydrogen (secondary N) is 1. The van der Waals surface area contributed by atoms with E-state index in [2.05, 4.69) is 23.7 Å². The monoisotopic (exact) mass is 550 g/mol. The number of alkyl halides is 6. The van der Waals surface area contributed by atoms with Crippen molar-refractivity contribution < 1.29 is 9.84 Å². The first-order valence-electron chi connectivity index (χ1n) is 8.45. The molecule has 0 radical (unpaired) electrons. The lowest BCUT2D eigenvalue weighted by Gasteiger charge is -2.10. The van der Waals surface area contributed by atoms with Crippen LogP contribution in [-0.2, 0) is 4.74 Å². The zero-order valence-electron chi connectivity index (χ0n) is 16.3. The number of rotatable bonds is 1. The number of benzene rings is 2. The summed E-state index contributed by atoms with van der Waals surface area (Å²) in [7, 11) is 0. The Balaban J connectivity index is 0.000000511. The molecule has 0 spiro atoms. The molecule has 0 saturated carbocycles. The van der Waals surface area contributed by atoms with Crippen LogP contribution in [0.5, 0.6) is 0 Å². The number of ether oxygens (including phenoxy) is 1. The molecule has 0 aliphatic carbocycles. The fraction of sp³-hybridized carbons (Fsp3) is 0.182. The van der Waals surface area contributed by atoms with Gasteiger partial charge in [0.25, 0.3) is 7.59 Å². The minimum Gasteiger partial charge on any atom is -0.465 e. The predicted molar refractivity (Wildman–Crippen MR) is 134 cm³/mol. The molecule has 10 heteroatoms. The van der Waals surface area contributed by atoms with Crippen molar-refractivity contribution in [1.29, 1.82) is 10.7 Å². The molecule has 2 N–H and O–H groups in total. The second kappa shape index (κ2) is 16.8. The van der Waals surface area contributed by atoms with Gasteiger partial charge in [-0.25, -0.2) is 0 Å². The molecule has 2 rings (SSSR count). The molecule has 0 fully saturated rings. The van der Waals surface area contributed by atoms with Crippen LogP contribution in [0, 0.1) is 40.4 Å². The summed E-state index contributed by atoms with van der Waals surface area (Å²) in [6, 6.07) is 20.4. The first-order valence-corrected chi connectivity index (χ1v) is 10.7. The second-order valence-corrected chi connectivity index (χ2v) is 9.78. The Morgan fingerprint density at radius 2 is 1.25 bits per heavy atom. The van der Waals surface area contributed by atoms with Gasteiger partial charge in [-0.1, -0.05) is 130 Å². The Morgan fingerprint density at radius 1 is 0.844 bits per heavy atom. The molecule has 0 bridgehead atoms. The van der Waals surface area contributed by atoms with Crippen LogP contribution in [0.15, 0.2) is 60.7 Å². The van der Waals surface area contributed by atoms with Gasteiger partial charge in [-0.15, -0.1) is 0 Å². The van der Waals surface area contributed by atoms with Crippen molar-refractivity contribution in [3.05, 3.63) is 71.8 Å². The van der Waals surface area contributed by atoms with Gasteiger partial charge in [0.05, 0.1) is 0 Å². The molecule has 0 heterocycles. The summed E-state index contributed by atoms with van der Waals surface area (Å²) in [6.45, 7) is -0.0590. The fourth-order valence-corrected chi connectivity index (χ4v) is 1.68. The van der Waals surface area contributed by atoms with E-state index in [1.807, 2.05) is 60.7 Å². The molecule has 0 atom stereocenters. The molecular formula is C22H16Cl6N2O2. The van der Waals surface area contributed by atoms with Crippen molar-refractivity contribution in [1.82, 2.24) is 0 Å². The summed E-state index contributed by atoms with van der Waals surface area (Å²) >= 11 is 30.9. The Kier molecular flexibility index (Phi) is 15.9. The maximum atomic E-state index is 8.35. The zero-order chi connectivity index (χ0) is 24.5. The fourth-order valence-electron chi connectivity index (χ4n) is 1.51. The minimum atomic E-state index is -1.82. The molecule has 0 unspecified atom stereocenters. The normalized spacial score (nSPS) is 9.56. The first-order chi connectivity index (χ1) is 15.0. The average Bonchev–Trinajstić information content (AvgIpc) is 2.76. The Labute approximate surface area is 217 Å². The van der Waals surface area contributed by atoms with E-state index >= 15 is 0 Å². The van der Waals surface area contributed by atoms with E-state index in [1.54, 1.807) is 0 Å². The average molecular weight is 553 g/mol. The second-order valence-electron chi connectivity index (χ2n) is 5.22. The minimum absolute atomic E-state index is 0.0155. The Morgan fingerprint density at radius 3 is 1.59 bits per heavy atom. The summed E-state index contributed by atoms with van der Waals surface area (Å²) in [5.41, 5.74) is 1.81. The molecule has 0 aliphatic heterocycles. The van der Waals surface area contributed by atoms with Crippen LogP contribution in [0.2, 0.25) is 0 Å². The van der Waals surface area contributed by atoms with Gasteiger partial charge in [0.2, 0.25) is 5.90 Å². The van der Waals surface area contributed by atoms with Crippen LogP contribution < -0.4 is 0 Å². The van der Waals surface area contributed by atoms with Gasteiger partial charge < -0.3 is 9.84 Å². The highest BCUT2D eigenvalue weighted by atomic mass is 35.6. The molecule has 0 amide bonds. The number of aliphatic hydroxyl groups is 1. The third-order valence-corrected chi connectivity index (χ3v) is 3.53. The maximum absolute atomic E-state index is 8.35. The standard InChI is InChI=1S/C11H8Cl3NO.C9H8O.C2Cl3N/c12-11(13,14)10(15)16-8-4-7-9-5-2-1-3-6-9;10-8-4-7-9-5-2-1-3-6-9;3-2(4,5)1-6/h1-3,5-6,15H,8H2;1-3,5-6,10H,8H2;. The topological polar surface area (TPSA) is 77.1 Å². The van der Waals surface area contributed by atoms with Crippen LogP contribution in [0.3, 0.4) is 0 Å². The van der Waals surface area contributed by atoms with E-state index in [0.717, 1.165) is 11.1 Å². The first kappa shape index (κ1) is 30.2. The van der Waals surface area contributed by atoms with E-state index in [-0.39, 0.29) is 13.2 Å². The highest BCUT2D eigenvalue weighted by Gasteiger charge is 2.28. The highest BCUT2D eigenvalue weighted by Crippen LogP contribution is 2.27. The molecule has 4 nitrogen and oxygen atoms in total. The van der Waals surface area contributed by atoms with Gasteiger partial charge in [-0.2, -0.15) is 5.26 Å². The molecule has 168 valence electrons. The lowest BCUT2D eigenvalue weighted by atomic mass is 10.2. The number of nitriles is 1. The third kappa shape index (κ3) is 17.9. The lowest BCUT2D eigenvalue weighted by Crippen LogP contribution is -2.21. The van der Waals surface area contributed by atoms with E-state index < -0.39 is 13.5 Å². The summed E-state index contributed by atoms with van der Waals surface area (Å²) in [4.78, 5) is 0. The number of hydrogen-bond acceptors (Lipinski definition) is 4. The van der Waals surface area contributed by atoms with Crippen molar-refractivity contribution in [2.75, 3.05) is 13.2 Å². The van der Waals surface area contributed by atoms with E-state index in [0.29, 0.717) is 0 Å². The van der Waals surface area contributed by atoms with Gasteiger partial charge in [-0.05, 0) is 24.3 Å². The number of hydrogen-bond donors (Lipinski definition) is 2. The molecule has 0 aliphatic rings. The summed E-state index contributed by atoms with van der Waals surface area (Å²) in [5, 5.41) is 23.3. The number of halogens is 6. The van der Waals surface area contributed by atoms with Crippen molar-refractivity contribution in [2.45, 2.75) is 7.59 Å². The van der Waals surface area contributed by atoms with Crippen LogP contribution in [-0.4, -0.2) is 31.8 Å². The Bertz CT molecular complexity index is 975. The van der Waals surface area contributed by atoms with Crippen LogP contribution in [0.4, 0.5) is 0 Å². The molecule has 0 aromatic heterocycles. The van der Waals surface area contributed by atoms with Crippen molar-refractivity contribution >= 4 is 75.5 Å². The highest BCUT2D eigenvalue weighted by molar-refractivity contribution is 6.76. The molecule has 32 heavy (non-hydrogen) atoms. The molecular weight excluding hydrogens is 537 g/mol. The SMILES string of the molecule is N#CC(Cl)(Cl)Cl.N=C(OCC#Cc1ccccc1)C(Cl)(Cl)Cl.OCC#Cc1ccccc1. The zero-order valence-corrected chi connectivity index (χ0v) is 20.8. The van der Waals surface area contributed by atoms with Crippen molar-refractivity contribution in [3.8, 4) is 29.8 Å². The van der Waals surface area contributed by atoms with E-state index in [9.17, 15) is 0 Å². The molecule has 0 saturated heterocycles. The van der Waals surface area contributed by atoms with E-state index in [4.69, 9.17) is 90.1 Å². The predicted octanol–water partition coefficient (Wildman–Crippen LogP) is 6.31. The van der Waals surface area contributed by atoms with Gasteiger partial charge in [-0.3, -0.25) is 5.41 Å². The number of aliphatic hydroxyl groups excluding tert-OH is 1. The Hall–Kier alpha value is -1.78. The van der Waals surface area contributed by atoms with Gasteiger partial charge >= 0.3 is 0 Å². The van der Waals surface area contributed by atoms with Crippen molar-refractivity contribution in [2.24, 2.45) is 0 Å². The number of nitrogens with zero attached hydrogens (tertiary/aromatic N) is 1. The quantitative estimate of drug-likeness (QED) is 0.188. The largest absolute Gasteiger partial charge is 0.465 e.